The van der Waals surface area contributed by atoms with Crippen molar-refractivity contribution in [2.75, 3.05) is 10.6 Å². The van der Waals surface area contributed by atoms with Crippen LogP contribution in [0.2, 0.25) is 0 Å². The standard InChI is InChI=1S/C21H26N2O2/c1-12-7-18(8-13(2)20(12)22-16(5)24)11-19-9-14(3)21(15(4)10-19)23-17(6)25/h7-10H,11H2,1-6H3,(H,22,24)(H,23,25). The van der Waals surface area contributed by atoms with Crippen LogP contribution >= 0.6 is 0 Å². The van der Waals surface area contributed by atoms with Crippen LogP contribution in [0, 0.1) is 27.7 Å². The Morgan fingerprint density at radius 2 is 0.960 bits per heavy atom. The molecule has 0 aliphatic rings. The van der Waals surface area contributed by atoms with Crippen molar-refractivity contribution in [3.05, 3.63) is 57.6 Å². The van der Waals surface area contributed by atoms with Gasteiger partial charge < -0.3 is 10.6 Å². The molecule has 0 saturated carbocycles. The molecule has 4 nitrogen and oxygen atoms in total. The fraction of sp³-hybridized carbons (Fsp3) is 0.333. The number of carbonyl (C=O) groups excluding carboxylic acids is 2. The van der Waals surface area contributed by atoms with Gasteiger partial charge in [-0.1, -0.05) is 24.3 Å². The second-order valence-electron chi connectivity index (χ2n) is 6.75. The van der Waals surface area contributed by atoms with E-state index in [2.05, 4.69) is 34.9 Å². The largest absolute Gasteiger partial charge is 0.326 e. The minimum Gasteiger partial charge on any atom is -0.326 e. The number of carbonyl (C=O) groups is 2. The third-order valence-corrected chi connectivity index (χ3v) is 4.20. The molecular weight excluding hydrogens is 312 g/mol. The summed E-state index contributed by atoms with van der Waals surface area (Å²) in [5, 5.41) is 5.79. The van der Waals surface area contributed by atoms with E-state index in [0.717, 1.165) is 40.0 Å². The first-order valence-electron chi connectivity index (χ1n) is 8.42. The molecule has 2 amide bonds. The Hall–Kier alpha value is -2.62. The van der Waals surface area contributed by atoms with Crippen LogP contribution in [0.4, 0.5) is 11.4 Å². The predicted octanol–water partition coefficient (Wildman–Crippen LogP) is 4.43. The van der Waals surface area contributed by atoms with Crippen LogP contribution in [0.1, 0.15) is 47.2 Å². The summed E-state index contributed by atoms with van der Waals surface area (Å²) in [5.41, 5.74) is 8.45. The first-order chi connectivity index (χ1) is 11.7. The monoisotopic (exact) mass is 338 g/mol. The van der Waals surface area contributed by atoms with E-state index in [1.54, 1.807) is 0 Å². The van der Waals surface area contributed by atoms with Crippen molar-refractivity contribution < 1.29 is 9.59 Å². The van der Waals surface area contributed by atoms with E-state index in [-0.39, 0.29) is 11.8 Å². The third kappa shape index (κ3) is 4.69. The van der Waals surface area contributed by atoms with Gasteiger partial charge in [0.25, 0.3) is 0 Å². The fourth-order valence-electron chi connectivity index (χ4n) is 3.29. The van der Waals surface area contributed by atoms with Gasteiger partial charge in [0.2, 0.25) is 11.8 Å². The highest BCUT2D eigenvalue weighted by Crippen LogP contribution is 2.27. The number of aryl methyl sites for hydroxylation is 4. The van der Waals surface area contributed by atoms with Gasteiger partial charge in [-0.05, 0) is 67.5 Å². The lowest BCUT2D eigenvalue weighted by molar-refractivity contribution is -0.115. The highest BCUT2D eigenvalue weighted by Gasteiger charge is 2.10. The minimum atomic E-state index is -0.0567. The second kappa shape index (κ2) is 7.51. The topological polar surface area (TPSA) is 58.2 Å². The molecule has 2 rings (SSSR count). The van der Waals surface area contributed by atoms with Gasteiger partial charge in [-0.2, -0.15) is 0 Å². The molecule has 0 fully saturated rings. The maximum atomic E-state index is 11.3. The number of anilines is 2. The molecule has 2 aromatic carbocycles. The van der Waals surface area contributed by atoms with Crippen molar-refractivity contribution in [3.63, 3.8) is 0 Å². The Kier molecular flexibility index (Phi) is 5.62. The van der Waals surface area contributed by atoms with Crippen LogP contribution in [-0.2, 0) is 16.0 Å². The molecule has 4 heteroatoms. The van der Waals surface area contributed by atoms with Crippen LogP contribution in [-0.4, -0.2) is 11.8 Å². The highest BCUT2D eigenvalue weighted by atomic mass is 16.2. The third-order valence-electron chi connectivity index (χ3n) is 4.20. The zero-order valence-electron chi connectivity index (χ0n) is 15.8. The summed E-state index contributed by atoms with van der Waals surface area (Å²) in [5.74, 6) is -0.113. The number of hydrogen-bond acceptors (Lipinski definition) is 2. The quantitative estimate of drug-likeness (QED) is 0.866. The fourth-order valence-corrected chi connectivity index (χ4v) is 3.29. The molecule has 0 radical (unpaired) electrons. The van der Waals surface area contributed by atoms with Gasteiger partial charge in [-0.25, -0.2) is 0 Å². The van der Waals surface area contributed by atoms with Gasteiger partial charge in [0.05, 0.1) is 0 Å². The zero-order chi connectivity index (χ0) is 18.7. The van der Waals surface area contributed by atoms with Crippen LogP contribution in [0.15, 0.2) is 24.3 Å². The van der Waals surface area contributed by atoms with Gasteiger partial charge in [0.15, 0.2) is 0 Å². The molecule has 0 aromatic heterocycles. The minimum absolute atomic E-state index is 0.0567. The summed E-state index contributed by atoms with van der Waals surface area (Å²) in [4.78, 5) is 22.7. The van der Waals surface area contributed by atoms with Crippen LogP contribution in [0.3, 0.4) is 0 Å². The van der Waals surface area contributed by atoms with E-state index in [1.807, 2.05) is 27.7 Å². The Bertz CT molecular complexity index is 722. The average molecular weight is 338 g/mol. The van der Waals surface area contributed by atoms with Crippen molar-refractivity contribution in [1.29, 1.82) is 0 Å². The van der Waals surface area contributed by atoms with Crippen molar-refractivity contribution in [1.82, 2.24) is 0 Å². The number of amides is 2. The summed E-state index contributed by atoms with van der Waals surface area (Å²) >= 11 is 0. The molecule has 0 atom stereocenters. The summed E-state index contributed by atoms with van der Waals surface area (Å²) < 4.78 is 0. The number of benzene rings is 2. The van der Waals surface area contributed by atoms with Gasteiger partial charge >= 0.3 is 0 Å². The van der Waals surface area contributed by atoms with Gasteiger partial charge in [-0.3, -0.25) is 9.59 Å². The molecule has 0 unspecified atom stereocenters. The molecule has 0 saturated heterocycles. The number of hydrogen-bond donors (Lipinski definition) is 2. The molecule has 0 heterocycles. The van der Waals surface area contributed by atoms with E-state index in [0.29, 0.717) is 0 Å². The van der Waals surface area contributed by atoms with Crippen LogP contribution in [0.5, 0.6) is 0 Å². The lowest BCUT2D eigenvalue weighted by atomic mass is 9.96. The van der Waals surface area contributed by atoms with Gasteiger partial charge in [0.1, 0.15) is 0 Å². The van der Waals surface area contributed by atoms with Gasteiger partial charge in [0, 0.05) is 25.2 Å². The van der Waals surface area contributed by atoms with Crippen molar-refractivity contribution in [3.8, 4) is 0 Å². The Balaban J connectivity index is 2.31. The van der Waals surface area contributed by atoms with E-state index >= 15 is 0 Å². The van der Waals surface area contributed by atoms with Gasteiger partial charge in [-0.15, -0.1) is 0 Å². The first-order valence-corrected chi connectivity index (χ1v) is 8.42. The molecule has 132 valence electrons. The summed E-state index contributed by atoms with van der Waals surface area (Å²) in [6.07, 6.45) is 0.810. The Labute approximate surface area is 149 Å². The molecule has 2 aromatic rings. The van der Waals surface area contributed by atoms with E-state index in [1.165, 1.54) is 25.0 Å². The predicted molar refractivity (Wildman–Crippen MR) is 103 cm³/mol. The zero-order valence-corrected chi connectivity index (χ0v) is 15.8. The van der Waals surface area contributed by atoms with Crippen molar-refractivity contribution >= 4 is 23.2 Å². The van der Waals surface area contributed by atoms with Crippen molar-refractivity contribution in [2.24, 2.45) is 0 Å². The summed E-state index contributed by atoms with van der Waals surface area (Å²) in [6, 6.07) is 8.46. The molecule has 0 aliphatic heterocycles. The van der Waals surface area contributed by atoms with E-state index < -0.39 is 0 Å². The SMILES string of the molecule is CC(=O)Nc1c(C)cc(Cc2cc(C)c(NC(C)=O)c(C)c2)cc1C. The lowest BCUT2D eigenvalue weighted by Gasteiger charge is -2.15. The highest BCUT2D eigenvalue weighted by molar-refractivity contribution is 5.91. The van der Waals surface area contributed by atoms with Crippen LogP contribution < -0.4 is 10.6 Å². The number of nitrogens with one attached hydrogen (secondary N) is 2. The lowest BCUT2D eigenvalue weighted by Crippen LogP contribution is -2.10. The maximum Gasteiger partial charge on any atom is 0.221 e. The molecule has 2 N–H and O–H groups in total. The molecule has 0 spiro atoms. The van der Waals surface area contributed by atoms with E-state index in [9.17, 15) is 9.59 Å². The maximum absolute atomic E-state index is 11.3. The van der Waals surface area contributed by atoms with Crippen LogP contribution in [0.25, 0.3) is 0 Å². The second-order valence-corrected chi connectivity index (χ2v) is 6.75. The van der Waals surface area contributed by atoms with E-state index in [4.69, 9.17) is 0 Å². The molecule has 0 aliphatic carbocycles. The Morgan fingerprint density at radius 1 is 0.680 bits per heavy atom. The smallest absolute Gasteiger partial charge is 0.221 e. The Morgan fingerprint density at radius 3 is 1.20 bits per heavy atom. The molecule has 25 heavy (non-hydrogen) atoms. The van der Waals surface area contributed by atoms with Crippen molar-refractivity contribution in [2.45, 2.75) is 48.0 Å². The molecule has 0 bridgehead atoms. The summed E-state index contributed by atoms with van der Waals surface area (Å²) in [6.45, 7) is 11.1. The normalized spacial score (nSPS) is 10.5. The first kappa shape index (κ1) is 18.7. The molecular formula is C21H26N2O2. The number of rotatable bonds is 4. The summed E-state index contributed by atoms with van der Waals surface area (Å²) in [7, 11) is 0. The average Bonchev–Trinajstić information content (AvgIpc) is 2.46.